The number of rotatable bonds is 2. The van der Waals surface area contributed by atoms with Crippen molar-refractivity contribution in [1.29, 1.82) is 0 Å². The van der Waals surface area contributed by atoms with Gasteiger partial charge in [0.15, 0.2) is 5.82 Å². The zero-order valence-corrected chi connectivity index (χ0v) is 11.4. The van der Waals surface area contributed by atoms with E-state index in [-0.39, 0.29) is 11.7 Å². The number of nitrogens with zero attached hydrogens (tertiary/aromatic N) is 3. The smallest absolute Gasteiger partial charge is 0.160 e. The van der Waals surface area contributed by atoms with Crippen molar-refractivity contribution in [3.63, 3.8) is 0 Å². The lowest BCUT2D eigenvalue weighted by Crippen LogP contribution is -2.29. The fourth-order valence-electron chi connectivity index (χ4n) is 2.66. The van der Waals surface area contributed by atoms with Crippen LogP contribution in [0.2, 0.25) is 0 Å². The van der Waals surface area contributed by atoms with Crippen LogP contribution in [0.3, 0.4) is 0 Å². The van der Waals surface area contributed by atoms with Crippen LogP contribution < -0.4 is 5.32 Å². The minimum Gasteiger partial charge on any atom is -0.369 e. The van der Waals surface area contributed by atoms with Gasteiger partial charge in [-0.1, -0.05) is 5.16 Å². The molecule has 7 heteroatoms. The van der Waals surface area contributed by atoms with Gasteiger partial charge >= 0.3 is 0 Å². The maximum atomic E-state index is 11.6. The number of ketones is 1. The number of aromatic amines is 1. The van der Waals surface area contributed by atoms with E-state index in [1.807, 2.05) is 0 Å². The normalized spacial score (nSPS) is 17.5. The van der Waals surface area contributed by atoms with Gasteiger partial charge in [0.05, 0.1) is 17.2 Å². The molecule has 4 heterocycles. The van der Waals surface area contributed by atoms with E-state index >= 15 is 0 Å². The van der Waals surface area contributed by atoms with Crippen LogP contribution in [0.15, 0.2) is 23.0 Å². The summed E-state index contributed by atoms with van der Waals surface area (Å²) in [5, 5.41) is 7.09. The van der Waals surface area contributed by atoms with Gasteiger partial charge < -0.3 is 14.8 Å². The predicted octanol–water partition coefficient (Wildman–Crippen LogP) is 1.79. The number of aromatic nitrogens is 4. The van der Waals surface area contributed by atoms with Crippen LogP contribution in [0.1, 0.15) is 12.5 Å². The first-order chi connectivity index (χ1) is 10.2. The number of hydrogen-bond acceptors (Lipinski definition) is 6. The third kappa shape index (κ3) is 1.89. The highest BCUT2D eigenvalue weighted by Gasteiger charge is 2.25. The molecule has 0 saturated carbocycles. The molecule has 106 valence electrons. The Hall–Kier alpha value is -2.70. The molecular weight excluding hydrogens is 270 g/mol. The summed E-state index contributed by atoms with van der Waals surface area (Å²) in [6.45, 7) is 2.25. The van der Waals surface area contributed by atoms with Gasteiger partial charge in [-0.05, 0) is 13.3 Å². The summed E-state index contributed by atoms with van der Waals surface area (Å²) in [6, 6.07) is 1.74. The average Bonchev–Trinajstić information content (AvgIpc) is 3.15. The molecule has 21 heavy (non-hydrogen) atoms. The van der Waals surface area contributed by atoms with Crippen molar-refractivity contribution in [1.82, 2.24) is 20.1 Å². The minimum atomic E-state index is -0.0305. The summed E-state index contributed by atoms with van der Waals surface area (Å²) in [5.41, 5.74) is 3.28. The zero-order chi connectivity index (χ0) is 14.4. The van der Waals surface area contributed by atoms with Crippen LogP contribution in [0.25, 0.3) is 22.6 Å². The molecule has 3 aromatic heterocycles. The van der Waals surface area contributed by atoms with Gasteiger partial charge in [-0.25, -0.2) is 9.97 Å². The molecule has 0 bridgehead atoms. The number of fused-ring (bicyclic) bond motifs is 3. The molecule has 0 aliphatic carbocycles. The lowest BCUT2D eigenvalue weighted by molar-refractivity contribution is -0.120. The van der Waals surface area contributed by atoms with Gasteiger partial charge in [0.1, 0.15) is 23.6 Å². The highest BCUT2D eigenvalue weighted by Crippen LogP contribution is 2.30. The quantitative estimate of drug-likeness (QED) is 0.744. The molecule has 0 aromatic carbocycles. The van der Waals surface area contributed by atoms with E-state index in [0.29, 0.717) is 24.5 Å². The molecule has 0 fully saturated rings. The SMILES string of the molecule is CC(=O)C1CNc2ncc3[nH]c(-c4ccon4)nc3c2C1. The fraction of sp³-hybridized carbons (Fsp3) is 0.286. The molecule has 0 radical (unpaired) electrons. The van der Waals surface area contributed by atoms with Crippen LogP contribution in [-0.4, -0.2) is 32.4 Å². The first kappa shape index (κ1) is 12.1. The molecule has 0 amide bonds. The van der Waals surface area contributed by atoms with Crippen molar-refractivity contribution in [3.8, 4) is 11.5 Å². The van der Waals surface area contributed by atoms with E-state index in [4.69, 9.17) is 4.52 Å². The van der Waals surface area contributed by atoms with Crippen LogP contribution in [0.5, 0.6) is 0 Å². The Morgan fingerprint density at radius 1 is 1.48 bits per heavy atom. The number of imidazole rings is 1. The average molecular weight is 283 g/mol. The highest BCUT2D eigenvalue weighted by molar-refractivity contribution is 5.87. The third-order valence-electron chi connectivity index (χ3n) is 3.85. The van der Waals surface area contributed by atoms with Gasteiger partial charge in [-0.3, -0.25) is 4.79 Å². The van der Waals surface area contributed by atoms with E-state index in [0.717, 1.165) is 22.4 Å². The summed E-state index contributed by atoms with van der Waals surface area (Å²) < 4.78 is 4.84. The number of carbonyl (C=O) groups is 1. The second-order valence-electron chi connectivity index (χ2n) is 5.21. The van der Waals surface area contributed by atoms with Crippen molar-refractivity contribution in [2.75, 3.05) is 11.9 Å². The van der Waals surface area contributed by atoms with E-state index in [1.54, 1.807) is 19.2 Å². The number of pyridine rings is 1. The summed E-state index contributed by atoms with van der Waals surface area (Å²) in [4.78, 5) is 23.8. The standard InChI is InChI=1S/C14H13N5O2/c1-7(20)8-4-9-12-11(6-16-13(9)15-5-8)17-14(18-12)10-2-3-21-19-10/h2-3,6,8H,4-5H2,1H3,(H,15,16)(H,17,18). The van der Waals surface area contributed by atoms with Crippen LogP contribution in [-0.2, 0) is 11.2 Å². The molecule has 4 rings (SSSR count). The molecular formula is C14H13N5O2. The van der Waals surface area contributed by atoms with Crippen LogP contribution >= 0.6 is 0 Å². The molecule has 0 spiro atoms. The molecule has 7 nitrogen and oxygen atoms in total. The first-order valence-corrected chi connectivity index (χ1v) is 6.75. The minimum absolute atomic E-state index is 0.0305. The highest BCUT2D eigenvalue weighted by atomic mass is 16.5. The fourth-order valence-corrected chi connectivity index (χ4v) is 2.66. The van der Waals surface area contributed by atoms with Gasteiger partial charge in [0.25, 0.3) is 0 Å². The summed E-state index contributed by atoms with van der Waals surface area (Å²) in [7, 11) is 0. The van der Waals surface area contributed by atoms with E-state index in [9.17, 15) is 4.79 Å². The second kappa shape index (κ2) is 4.41. The Bertz CT molecular complexity index is 821. The van der Waals surface area contributed by atoms with E-state index in [2.05, 4.69) is 25.4 Å². The largest absolute Gasteiger partial charge is 0.369 e. The topological polar surface area (TPSA) is 96.7 Å². The van der Waals surface area contributed by atoms with Crippen molar-refractivity contribution < 1.29 is 9.32 Å². The molecule has 0 saturated heterocycles. The van der Waals surface area contributed by atoms with Crippen molar-refractivity contribution in [2.24, 2.45) is 5.92 Å². The van der Waals surface area contributed by atoms with Crippen molar-refractivity contribution >= 4 is 22.6 Å². The Labute approximate surface area is 119 Å². The maximum Gasteiger partial charge on any atom is 0.160 e. The van der Waals surface area contributed by atoms with E-state index < -0.39 is 0 Å². The Morgan fingerprint density at radius 2 is 2.38 bits per heavy atom. The van der Waals surface area contributed by atoms with Crippen molar-refractivity contribution in [2.45, 2.75) is 13.3 Å². The molecule has 3 aromatic rings. The summed E-state index contributed by atoms with van der Waals surface area (Å²) in [6.07, 6.45) is 3.90. The van der Waals surface area contributed by atoms with Crippen molar-refractivity contribution in [3.05, 3.63) is 24.1 Å². The number of Topliss-reactive ketones (excluding diaryl/α,β-unsaturated/α-hetero) is 1. The third-order valence-corrected chi connectivity index (χ3v) is 3.85. The Balaban J connectivity index is 1.85. The lowest BCUT2D eigenvalue weighted by atomic mass is 9.92. The number of anilines is 1. The molecule has 1 unspecified atom stereocenters. The number of carbonyl (C=O) groups excluding carboxylic acids is 1. The van der Waals surface area contributed by atoms with Gasteiger partial charge in [-0.2, -0.15) is 0 Å². The lowest BCUT2D eigenvalue weighted by Gasteiger charge is -2.23. The summed E-state index contributed by atoms with van der Waals surface area (Å²) >= 11 is 0. The van der Waals surface area contributed by atoms with Crippen LogP contribution in [0, 0.1) is 5.92 Å². The Morgan fingerprint density at radius 3 is 3.14 bits per heavy atom. The molecule has 1 aliphatic heterocycles. The first-order valence-electron chi connectivity index (χ1n) is 6.75. The number of nitrogens with one attached hydrogen (secondary N) is 2. The number of hydrogen-bond donors (Lipinski definition) is 2. The molecule has 1 atom stereocenters. The van der Waals surface area contributed by atoms with Gasteiger partial charge in [0.2, 0.25) is 0 Å². The zero-order valence-electron chi connectivity index (χ0n) is 11.4. The maximum absolute atomic E-state index is 11.6. The van der Waals surface area contributed by atoms with Crippen LogP contribution in [0.4, 0.5) is 5.82 Å². The number of H-pyrrole nitrogens is 1. The van der Waals surface area contributed by atoms with E-state index in [1.165, 1.54) is 6.26 Å². The second-order valence-corrected chi connectivity index (χ2v) is 5.21. The monoisotopic (exact) mass is 283 g/mol. The van der Waals surface area contributed by atoms with Gasteiger partial charge in [-0.15, -0.1) is 0 Å². The predicted molar refractivity (Wildman–Crippen MR) is 75.8 cm³/mol. The molecule has 2 N–H and O–H groups in total. The Kier molecular flexibility index (Phi) is 2.53. The van der Waals surface area contributed by atoms with Gasteiger partial charge in [0, 0.05) is 24.1 Å². The summed E-state index contributed by atoms with van der Waals surface area (Å²) in [5.74, 6) is 1.59. The molecule has 1 aliphatic rings.